The number of aliphatic hydroxyl groups is 1. The normalized spacial score (nSPS) is 16.1. The lowest BCUT2D eigenvalue weighted by atomic mass is 9.81. The second-order valence-corrected chi connectivity index (χ2v) is 8.93. The Morgan fingerprint density at radius 2 is 1.83 bits per heavy atom. The molecule has 2 heterocycles. The summed E-state index contributed by atoms with van der Waals surface area (Å²) in [6.45, 7) is 1.02. The zero-order chi connectivity index (χ0) is 24.7. The third-order valence-electron chi connectivity index (χ3n) is 6.48. The molecule has 186 valence electrons. The lowest BCUT2D eigenvalue weighted by molar-refractivity contribution is -0.00335. The summed E-state index contributed by atoms with van der Waals surface area (Å²) >= 11 is 0. The van der Waals surface area contributed by atoms with Crippen LogP contribution in [0.2, 0.25) is 0 Å². The maximum atomic E-state index is 10.7. The quantitative estimate of drug-likeness (QED) is 0.447. The molecule has 0 spiro atoms. The van der Waals surface area contributed by atoms with Crippen LogP contribution in [0.5, 0.6) is 17.2 Å². The fraction of sp³-hybridized carbons (Fsp3) is 0.407. The van der Waals surface area contributed by atoms with Gasteiger partial charge in [0, 0.05) is 23.3 Å². The van der Waals surface area contributed by atoms with E-state index in [9.17, 15) is 9.90 Å². The molecular weight excluding hydrogens is 448 g/mol. The van der Waals surface area contributed by atoms with E-state index in [0.717, 1.165) is 55.2 Å². The minimum Gasteiger partial charge on any atom is -0.497 e. The molecule has 0 bridgehead atoms. The molecule has 1 aliphatic carbocycles. The average Bonchev–Trinajstić information content (AvgIpc) is 2.87. The molecule has 0 atom stereocenters. The van der Waals surface area contributed by atoms with Gasteiger partial charge in [0.2, 0.25) is 0 Å². The molecular formula is C27H32N2O6. The smallest absolute Gasteiger partial charge is 0.409 e. The van der Waals surface area contributed by atoms with Gasteiger partial charge in [0.25, 0.3) is 0 Å². The van der Waals surface area contributed by atoms with Crippen LogP contribution >= 0.6 is 0 Å². The van der Waals surface area contributed by atoms with Gasteiger partial charge < -0.3 is 24.4 Å². The fourth-order valence-corrected chi connectivity index (χ4v) is 4.60. The SMILES string of the molecule is COc1ccc2nccc(CCC3(O)CCCCC3)c2c1.O=C(O)Nc1ccc2c(c1)OCCO2. The number of ether oxygens (including phenoxy) is 3. The number of benzene rings is 2. The first kappa shape index (κ1) is 24.6. The van der Waals surface area contributed by atoms with Crippen LogP contribution in [0.3, 0.4) is 0 Å². The first-order valence-electron chi connectivity index (χ1n) is 12.0. The van der Waals surface area contributed by atoms with Crippen molar-refractivity contribution >= 4 is 22.7 Å². The summed E-state index contributed by atoms with van der Waals surface area (Å²) in [6, 6.07) is 12.9. The lowest BCUT2D eigenvalue weighted by Gasteiger charge is -2.32. The monoisotopic (exact) mass is 480 g/mol. The number of amides is 1. The van der Waals surface area contributed by atoms with Gasteiger partial charge in [0.15, 0.2) is 11.5 Å². The highest BCUT2D eigenvalue weighted by atomic mass is 16.6. The molecule has 8 nitrogen and oxygen atoms in total. The van der Waals surface area contributed by atoms with Gasteiger partial charge in [-0.05, 0) is 67.6 Å². The van der Waals surface area contributed by atoms with Crippen molar-refractivity contribution in [3.05, 3.63) is 54.2 Å². The number of hydrogen-bond donors (Lipinski definition) is 3. The van der Waals surface area contributed by atoms with Crippen LogP contribution in [0.4, 0.5) is 10.5 Å². The van der Waals surface area contributed by atoms with Gasteiger partial charge in [-0.25, -0.2) is 4.79 Å². The molecule has 35 heavy (non-hydrogen) atoms. The molecule has 1 saturated carbocycles. The van der Waals surface area contributed by atoms with E-state index < -0.39 is 11.7 Å². The first-order valence-corrected chi connectivity index (χ1v) is 12.0. The average molecular weight is 481 g/mol. The van der Waals surface area contributed by atoms with E-state index in [2.05, 4.69) is 16.4 Å². The number of carbonyl (C=O) groups is 1. The molecule has 8 heteroatoms. The molecule has 1 amide bonds. The summed E-state index contributed by atoms with van der Waals surface area (Å²) in [7, 11) is 1.68. The fourth-order valence-electron chi connectivity index (χ4n) is 4.60. The Morgan fingerprint density at radius 3 is 2.57 bits per heavy atom. The number of pyridine rings is 1. The molecule has 2 aromatic carbocycles. The zero-order valence-electron chi connectivity index (χ0n) is 20.0. The van der Waals surface area contributed by atoms with Crippen molar-refractivity contribution in [3.8, 4) is 17.2 Å². The molecule has 0 radical (unpaired) electrons. The van der Waals surface area contributed by atoms with E-state index in [1.165, 1.54) is 12.0 Å². The van der Waals surface area contributed by atoms with Gasteiger partial charge in [0.1, 0.15) is 19.0 Å². The summed E-state index contributed by atoms with van der Waals surface area (Å²) in [4.78, 5) is 14.8. The van der Waals surface area contributed by atoms with Crippen LogP contribution in [0.15, 0.2) is 48.7 Å². The highest BCUT2D eigenvalue weighted by Gasteiger charge is 2.28. The van der Waals surface area contributed by atoms with Crippen molar-refractivity contribution in [2.45, 2.75) is 50.5 Å². The zero-order valence-corrected chi connectivity index (χ0v) is 20.0. The summed E-state index contributed by atoms with van der Waals surface area (Å²) in [5.41, 5.74) is 2.25. The number of fused-ring (bicyclic) bond motifs is 2. The van der Waals surface area contributed by atoms with Crippen LogP contribution in [0.1, 0.15) is 44.1 Å². The number of rotatable bonds is 5. The van der Waals surface area contributed by atoms with Crippen LogP contribution in [0.25, 0.3) is 10.9 Å². The van der Waals surface area contributed by atoms with Crippen molar-refractivity contribution in [3.63, 3.8) is 0 Å². The molecule has 1 fully saturated rings. The second-order valence-electron chi connectivity index (χ2n) is 8.93. The maximum Gasteiger partial charge on any atom is 0.409 e. The van der Waals surface area contributed by atoms with Crippen molar-refractivity contribution in [2.75, 3.05) is 25.6 Å². The third-order valence-corrected chi connectivity index (χ3v) is 6.48. The Bertz CT molecular complexity index is 1160. The van der Waals surface area contributed by atoms with E-state index in [-0.39, 0.29) is 0 Å². The standard InChI is InChI=1S/C18H23NO2.C9H9NO4/c1-21-15-5-6-17-16(13-15)14(8-12-19-17)7-11-18(20)9-3-2-4-10-18;11-9(12)10-6-1-2-7-8(5-6)14-4-3-13-7/h5-6,8,12-13,20H,2-4,7,9-11H2,1H3;1-2,5,10H,3-4H2,(H,11,12). The van der Waals surface area contributed by atoms with Gasteiger partial charge >= 0.3 is 6.09 Å². The molecule has 2 aliphatic rings. The highest BCUT2D eigenvalue weighted by Crippen LogP contribution is 2.34. The minimum absolute atomic E-state index is 0.466. The van der Waals surface area contributed by atoms with Gasteiger partial charge in [-0.1, -0.05) is 19.3 Å². The van der Waals surface area contributed by atoms with Crippen molar-refractivity contribution in [2.24, 2.45) is 0 Å². The maximum absolute atomic E-state index is 10.7. The van der Waals surface area contributed by atoms with Crippen molar-refractivity contribution < 1.29 is 29.2 Å². The van der Waals surface area contributed by atoms with E-state index in [1.807, 2.05) is 24.4 Å². The summed E-state index contributed by atoms with van der Waals surface area (Å²) in [5, 5.41) is 22.5. The summed E-state index contributed by atoms with van der Waals surface area (Å²) < 4.78 is 15.9. The number of methoxy groups -OCH3 is 1. The predicted molar refractivity (Wildman–Crippen MR) is 134 cm³/mol. The number of aromatic nitrogens is 1. The van der Waals surface area contributed by atoms with E-state index in [4.69, 9.17) is 19.3 Å². The number of nitrogens with zero attached hydrogens (tertiary/aromatic N) is 1. The van der Waals surface area contributed by atoms with Crippen LogP contribution in [0, 0.1) is 0 Å². The second kappa shape index (κ2) is 11.3. The Hall–Kier alpha value is -3.52. The lowest BCUT2D eigenvalue weighted by Crippen LogP contribution is -2.31. The largest absolute Gasteiger partial charge is 0.497 e. The molecule has 3 N–H and O–H groups in total. The summed E-state index contributed by atoms with van der Waals surface area (Å²) in [6.07, 6.45) is 7.95. The first-order chi connectivity index (χ1) is 17.0. The van der Waals surface area contributed by atoms with Gasteiger partial charge in [-0.3, -0.25) is 10.3 Å². The third kappa shape index (κ3) is 6.54. The molecule has 3 aromatic rings. The number of carboxylic acid groups (broad SMARTS) is 1. The van der Waals surface area contributed by atoms with Gasteiger partial charge in [-0.2, -0.15) is 0 Å². The topological polar surface area (TPSA) is 110 Å². The number of hydrogen-bond acceptors (Lipinski definition) is 6. The highest BCUT2D eigenvalue weighted by molar-refractivity contribution is 5.84. The molecule has 0 saturated heterocycles. The van der Waals surface area contributed by atoms with E-state index in [0.29, 0.717) is 30.4 Å². The Balaban J connectivity index is 0.000000179. The van der Waals surface area contributed by atoms with Crippen LogP contribution in [-0.2, 0) is 6.42 Å². The number of aryl methyl sites for hydroxylation is 1. The minimum atomic E-state index is -1.10. The predicted octanol–water partition coefficient (Wildman–Crippen LogP) is 5.42. The van der Waals surface area contributed by atoms with Crippen LogP contribution < -0.4 is 19.5 Å². The Morgan fingerprint density at radius 1 is 1.06 bits per heavy atom. The van der Waals surface area contributed by atoms with Gasteiger partial charge in [-0.15, -0.1) is 0 Å². The van der Waals surface area contributed by atoms with E-state index >= 15 is 0 Å². The molecule has 1 aliphatic heterocycles. The van der Waals surface area contributed by atoms with Crippen molar-refractivity contribution in [1.29, 1.82) is 0 Å². The summed E-state index contributed by atoms with van der Waals surface area (Å²) in [5.74, 6) is 2.07. The number of anilines is 1. The molecule has 5 rings (SSSR count). The van der Waals surface area contributed by atoms with Gasteiger partial charge in [0.05, 0.1) is 18.2 Å². The Labute approximate surface area is 204 Å². The number of nitrogens with one attached hydrogen (secondary N) is 1. The van der Waals surface area contributed by atoms with E-state index in [1.54, 1.807) is 25.3 Å². The van der Waals surface area contributed by atoms with Crippen molar-refractivity contribution in [1.82, 2.24) is 4.98 Å². The molecule has 0 unspecified atom stereocenters. The molecule has 1 aromatic heterocycles. The Kier molecular flexibility index (Phi) is 7.92. The van der Waals surface area contributed by atoms with Crippen LogP contribution in [-0.4, -0.2) is 47.2 Å².